The van der Waals surface area contributed by atoms with Gasteiger partial charge in [0.05, 0.1) is 11.6 Å². The van der Waals surface area contributed by atoms with Gasteiger partial charge in [0.2, 0.25) is 5.91 Å². The van der Waals surface area contributed by atoms with Crippen molar-refractivity contribution in [2.24, 2.45) is 5.73 Å². The quantitative estimate of drug-likeness (QED) is 0.701. The van der Waals surface area contributed by atoms with Gasteiger partial charge >= 0.3 is 0 Å². The molecule has 1 atom stereocenters. The van der Waals surface area contributed by atoms with E-state index in [9.17, 15) is 4.79 Å². The first-order chi connectivity index (χ1) is 9.48. The van der Waals surface area contributed by atoms with Crippen LogP contribution in [0.4, 0.5) is 0 Å². The highest BCUT2D eigenvalue weighted by atomic mass is 16.5. The smallest absolute Gasteiger partial charge is 0.240 e. The van der Waals surface area contributed by atoms with Gasteiger partial charge in [0.25, 0.3) is 0 Å². The second-order valence-electron chi connectivity index (χ2n) is 6.10. The van der Waals surface area contributed by atoms with Crippen LogP contribution in [-0.4, -0.2) is 56.2 Å². The van der Waals surface area contributed by atoms with E-state index in [0.29, 0.717) is 13.2 Å². The second-order valence-corrected chi connectivity index (χ2v) is 6.10. The Balaban J connectivity index is 2.38. The Morgan fingerprint density at radius 1 is 1.35 bits per heavy atom. The monoisotopic (exact) mass is 285 g/mol. The number of amides is 1. The number of nitrogens with one attached hydrogen (secondary N) is 1. The number of nitrogens with zero attached hydrogens (tertiary/aromatic N) is 1. The highest BCUT2D eigenvalue weighted by Gasteiger charge is 2.35. The molecule has 0 aromatic rings. The molecule has 0 aromatic heterocycles. The minimum atomic E-state index is -0.656. The van der Waals surface area contributed by atoms with Crippen LogP contribution in [0.15, 0.2) is 0 Å². The van der Waals surface area contributed by atoms with Gasteiger partial charge in [-0.3, -0.25) is 4.79 Å². The second kappa shape index (κ2) is 8.60. The van der Waals surface area contributed by atoms with Crippen LogP contribution in [0.2, 0.25) is 0 Å². The molecule has 0 radical (unpaired) electrons. The fourth-order valence-corrected chi connectivity index (χ4v) is 2.67. The SMILES string of the molecule is CCOC(CCN(C)C)CNC(=O)C1(N)CCCCC1. The van der Waals surface area contributed by atoms with E-state index < -0.39 is 5.54 Å². The molecule has 5 nitrogen and oxygen atoms in total. The maximum atomic E-state index is 12.3. The fourth-order valence-electron chi connectivity index (χ4n) is 2.67. The van der Waals surface area contributed by atoms with E-state index in [4.69, 9.17) is 10.5 Å². The van der Waals surface area contributed by atoms with Gasteiger partial charge in [0.15, 0.2) is 0 Å². The third-order valence-electron chi connectivity index (χ3n) is 3.99. The minimum Gasteiger partial charge on any atom is -0.377 e. The molecule has 0 aliphatic heterocycles. The zero-order valence-electron chi connectivity index (χ0n) is 13.3. The summed E-state index contributed by atoms with van der Waals surface area (Å²) in [6.07, 6.45) is 5.89. The lowest BCUT2D eigenvalue weighted by Gasteiger charge is -2.32. The largest absolute Gasteiger partial charge is 0.377 e. The molecular formula is C15H31N3O2. The first-order valence-electron chi connectivity index (χ1n) is 7.81. The van der Waals surface area contributed by atoms with Crippen LogP contribution in [0.5, 0.6) is 0 Å². The number of carbonyl (C=O) groups is 1. The molecule has 1 fully saturated rings. The molecule has 0 heterocycles. The highest BCUT2D eigenvalue weighted by molar-refractivity contribution is 5.86. The summed E-state index contributed by atoms with van der Waals surface area (Å²) >= 11 is 0. The number of nitrogens with two attached hydrogens (primary N) is 1. The summed E-state index contributed by atoms with van der Waals surface area (Å²) < 4.78 is 5.68. The minimum absolute atomic E-state index is 0.00763. The van der Waals surface area contributed by atoms with E-state index in [1.165, 1.54) is 6.42 Å². The molecular weight excluding hydrogens is 254 g/mol. The Morgan fingerprint density at radius 3 is 2.55 bits per heavy atom. The summed E-state index contributed by atoms with van der Waals surface area (Å²) in [7, 11) is 4.08. The van der Waals surface area contributed by atoms with E-state index in [0.717, 1.165) is 38.6 Å². The molecule has 0 saturated heterocycles. The van der Waals surface area contributed by atoms with Gasteiger partial charge in [0.1, 0.15) is 0 Å². The summed E-state index contributed by atoms with van der Waals surface area (Å²) in [6, 6.07) is 0. The molecule has 20 heavy (non-hydrogen) atoms. The first-order valence-corrected chi connectivity index (χ1v) is 7.81. The van der Waals surface area contributed by atoms with E-state index in [-0.39, 0.29) is 12.0 Å². The predicted octanol–water partition coefficient (Wildman–Crippen LogP) is 1.12. The first kappa shape index (κ1) is 17.4. The number of carbonyl (C=O) groups excluding carboxylic acids is 1. The zero-order valence-corrected chi connectivity index (χ0v) is 13.3. The Hall–Kier alpha value is -0.650. The van der Waals surface area contributed by atoms with Crippen molar-refractivity contribution in [2.75, 3.05) is 33.8 Å². The van der Waals surface area contributed by atoms with Crippen molar-refractivity contribution in [2.45, 2.75) is 57.1 Å². The topological polar surface area (TPSA) is 67.6 Å². The maximum absolute atomic E-state index is 12.3. The number of hydrogen-bond acceptors (Lipinski definition) is 4. The van der Waals surface area contributed by atoms with E-state index in [2.05, 4.69) is 10.2 Å². The summed E-state index contributed by atoms with van der Waals surface area (Å²) in [5, 5.41) is 2.99. The number of rotatable bonds is 8. The van der Waals surface area contributed by atoms with Gasteiger partial charge in [-0.2, -0.15) is 0 Å². The summed E-state index contributed by atoms with van der Waals surface area (Å²) in [4.78, 5) is 14.4. The van der Waals surface area contributed by atoms with Crippen LogP contribution in [0.25, 0.3) is 0 Å². The molecule has 0 bridgehead atoms. The molecule has 1 rings (SSSR count). The average Bonchev–Trinajstić information content (AvgIpc) is 2.42. The number of ether oxygens (including phenoxy) is 1. The molecule has 1 saturated carbocycles. The predicted molar refractivity (Wildman–Crippen MR) is 81.6 cm³/mol. The van der Waals surface area contributed by atoms with E-state index >= 15 is 0 Å². The Labute approximate surface area is 123 Å². The van der Waals surface area contributed by atoms with E-state index in [1.807, 2.05) is 21.0 Å². The van der Waals surface area contributed by atoms with Crippen molar-refractivity contribution in [1.29, 1.82) is 0 Å². The van der Waals surface area contributed by atoms with Crippen LogP contribution in [0, 0.1) is 0 Å². The van der Waals surface area contributed by atoms with Crippen molar-refractivity contribution in [3.8, 4) is 0 Å². The Kier molecular flexibility index (Phi) is 7.48. The van der Waals surface area contributed by atoms with Gasteiger partial charge in [-0.05, 0) is 40.3 Å². The fraction of sp³-hybridized carbons (Fsp3) is 0.933. The van der Waals surface area contributed by atoms with Crippen LogP contribution >= 0.6 is 0 Å². The van der Waals surface area contributed by atoms with Crippen LogP contribution < -0.4 is 11.1 Å². The molecule has 0 aromatic carbocycles. The lowest BCUT2D eigenvalue weighted by Crippen LogP contribution is -2.56. The van der Waals surface area contributed by atoms with Crippen LogP contribution in [-0.2, 0) is 9.53 Å². The molecule has 1 amide bonds. The lowest BCUT2D eigenvalue weighted by atomic mass is 9.82. The van der Waals surface area contributed by atoms with Gasteiger partial charge in [-0.15, -0.1) is 0 Å². The third-order valence-corrected chi connectivity index (χ3v) is 3.99. The van der Waals surface area contributed by atoms with Crippen molar-refractivity contribution >= 4 is 5.91 Å². The normalized spacial score (nSPS) is 19.9. The van der Waals surface area contributed by atoms with Crippen molar-refractivity contribution in [3.05, 3.63) is 0 Å². The van der Waals surface area contributed by atoms with Gasteiger partial charge in [0, 0.05) is 19.7 Å². The van der Waals surface area contributed by atoms with Crippen molar-refractivity contribution in [1.82, 2.24) is 10.2 Å². The Morgan fingerprint density at radius 2 is 2.00 bits per heavy atom. The molecule has 1 aliphatic rings. The average molecular weight is 285 g/mol. The summed E-state index contributed by atoms with van der Waals surface area (Å²) in [6.45, 7) is 4.16. The lowest BCUT2D eigenvalue weighted by molar-refractivity contribution is -0.128. The highest BCUT2D eigenvalue weighted by Crippen LogP contribution is 2.25. The molecule has 3 N–H and O–H groups in total. The van der Waals surface area contributed by atoms with E-state index in [1.54, 1.807) is 0 Å². The zero-order chi connectivity index (χ0) is 15.0. The van der Waals surface area contributed by atoms with Gasteiger partial charge in [-0.25, -0.2) is 0 Å². The Bertz CT molecular complexity index is 289. The van der Waals surface area contributed by atoms with Crippen LogP contribution in [0.3, 0.4) is 0 Å². The van der Waals surface area contributed by atoms with Crippen molar-refractivity contribution < 1.29 is 9.53 Å². The molecule has 1 aliphatic carbocycles. The number of hydrogen-bond donors (Lipinski definition) is 2. The van der Waals surface area contributed by atoms with Crippen LogP contribution in [0.1, 0.15) is 45.4 Å². The summed E-state index contributed by atoms with van der Waals surface area (Å²) in [5.74, 6) is -0.00763. The standard InChI is InChI=1S/C15H31N3O2/c1-4-20-13(8-11-18(2)3)12-17-14(19)15(16)9-6-5-7-10-15/h13H,4-12,16H2,1-3H3,(H,17,19). The van der Waals surface area contributed by atoms with Crippen molar-refractivity contribution in [3.63, 3.8) is 0 Å². The van der Waals surface area contributed by atoms with Gasteiger partial charge < -0.3 is 20.7 Å². The molecule has 118 valence electrons. The summed E-state index contributed by atoms with van der Waals surface area (Å²) in [5.41, 5.74) is 5.57. The molecule has 0 spiro atoms. The third kappa shape index (κ3) is 5.77. The molecule has 5 heteroatoms. The maximum Gasteiger partial charge on any atom is 0.240 e. The van der Waals surface area contributed by atoms with Gasteiger partial charge in [-0.1, -0.05) is 19.3 Å². The molecule has 1 unspecified atom stereocenters.